The van der Waals surface area contributed by atoms with E-state index in [1.54, 1.807) is 0 Å². The Balaban J connectivity index is 1.02. The first-order valence-electron chi connectivity index (χ1n) is 18.7. The van der Waals surface area contributed by atoms with Gasteiger partial charge in [-0.15, -0.1) is 0 Å². The Morgan fingerprint density at radius 2 is 1.58 bits per heavy atom. The number of rotatable bonds is 10. The van der Waals surface area contributed by atoms with Crippen molar-refractivity contribution in [3.05, 3.63) is 95.4 Å². The van der Waals surface area contributed by atoms with Gasteiger partial charge in [0.25, 0.3) is 0 Å². The number of hydrogen-bond acceptors (Lipinski definition) is 8. The maximum Gasteiger partial charge on any atom is 0.229 e. The molecule has 0 amide bonds. The molecule has 8 nitrogen and oxygen atoms in total. The molecule has 2 saturated carbocycles. The van der Waals surface area contributed by atoms with Crippen LogP contribution >= 0.6 is 0 Å². The molecule has 1 saturated heterocycles. The minimum atomic E-state index is -0.205. The average Bonchev–Trinajstić information content (AvgIpc) is 3.67. The van der Waals surface area contributed by atoms with E-state index in [2.05, 4.69) is 80.7 Å². The van der Waals surface area contributed by atoms with E-state index < -0.39 is 0 Å². The number of aliphatic hydroxyl groups excluding tert-OH is 1. The van der Waals surface area contributed by atoms with Crippen molar-refractivity contribution in [3.8, 4) is 23.0 Å². The molecule has 0 radical (unpaired) electrons. The molecule has 0 atom stereocenters. The number of likely N-dealkylation sites (N-methyl/N-ethyl adjacent to an activating group) is 1. The van der Waals surface area contributed by atoms with Crippen LogP contribution in [0.25, 0.3) is 11.1 Å². The summed E-state index contributed by atoms with van der Waals surface area (Å²) in [6.45, 7) is 5.42. The molecule has 260 valence electrons. The Bertz CT molecular complexity index is 1740. The second kappa shape index (κ2) is 16.6. The molecule has 8 heteroatoms. The Morgan fingerprint density at radius 3 is 2.34 bits per heavy atom. The lowest BCUT2D eigenvalue weighted by Crippen LogP contribution is -2.43. The van der Waals surface area contributed by atoms with E-state index in [9.17, 15) is 5.11 Å². The number of pyridine rings is 1. The monoisotopic (exact) mass is 669 g/mol. The first kappa shape index (κ1) is 34.2. The summed E-state index contributed by atoms with van der Waals surface area (Å²) in [7, 11) is 2.19. The van der Waals surface area contributed by atoms with E-state index in [0.29, 0.717) is 5.95 Å². The number of aliphatic hydroxyl groups is 1. The molecule has 0 unspecified atom stereocenters. The molecule has 0 spiro atoms. The zero-order chi connectivity index (χ0) is 34.1. The van der Waals surface area contributed by atoms with Gasteiger partial charge in [-0.1, -0.05) is 55.9 Å². The van der Waals surface area contributed by atoms with E-state index in [4.69, 9.17) is 9.97 Å². The molecule has 50 heavy (non-hydrogen) atoms. The minimum absolute atomic E-state index is 0.205. The van der Waals surface area contributed by atoms with Crippen LogP contribution in [0.5, 0.6) is 0 Å². The van der Waals surface area contributed by atoms with Crippen LogP contribution in [0.2, 0.25) is 0 Å². The molecule has 2 aromatic carbocycles. The van der Waals surface area contributed by atoms with E-state index >= 15 is 0 Å². The van der Waals surface area contributed by atoms with E-state index in [1.807, 2.05) is 36.7 Å². The van der Waals surface area contributed by atoms with E-state index in [-0.39, 0.29) is 12.1 Å². The summed E-state index contributed by atoms with van der Waals surface area (Å²) < 4.78 is 0. The van der Waals surface area contributed by atoms with Crippen LogP contribution in [0, 0.1) is 17.8 Å². The van der Waals surface area contributed by atoms with Crippen molar-refractivity contribution in [1.82, 2.24) is 24.8 Å². The number of piperazine rings is 1. The Kier molecular flexibility index (Phi) is 11.4. The van der Waals surface area contributed by atoms with Gasteiger partial charge in [0.1, 0.15) is 11.5 Å². The zero-order valence-corrected chi connectivity index (χ0v) is 29.5. The number of anilines is 3. The number of nitrogens with one attached hydrogen (secondary N) is 2. The summed E-state index contributed by atoms with van der Waals surface area (Å²) in [6.07, 6.45) is 15.0. The van der Waals surface area contributed by atoms with Crippen molar-refractivity contribution >= 4 is 17.5 Å². The fourth-order valence-corrected chi connectivity index (χ4v) is 7.50. The van der Waals surface area contributed by atoms with Gasteiger partial charge in [-0.3, -0.25) is 4.90 Å². The first-order valence-corrected chi connectivity index (χ1v) is 18.7. The third-order valence-electron chi connectivity index (χ3n) is 10.7. The van der Waals surface area contributed by atoms with E-state index in [0.717, 1.165) is 105 Å². The van der Waals surface area contributed by atoms with Gasteiger partial charge in [-0.25, -0.2) is 9.97 Å². The van der Waals surface area contributed by atoms with Crippen LogP contribution < -0.4 is 10.6 Å². The van der Waals surface area contributed by atoms with Gasteiger partial charge in [0.05, 0.1) is 6.10 Å². The van der Waals surface area contributed by atoms with Gasteiger partial charge >= 0.3 is 0 Å². The van der Waals surface area contributed by atoms with Crippen LogP contribution in [-0.4, -0.2) is 75.2 Å². The molecule has 3 heterocycles. The van der Waals surface area contributed by atoms with E-state index in [1.165, 1.54) is 43.2 Å². The highest BCUT2D eigenvalue weighted by molar-refractivity contribution is 5.76. The van der Waals surface area contributed by atoms with Crippen molar-refractivity contribution in [1.29, 1.82) is 0 Å². The average molecular weight is 670 g/mol. The molecule has 3 aliphatic rings. The highest BCUT2D eigenvalue weighted by Gasteiger charge is 2.22. The van der Waals surface area contributed by atoms with Gasteiger partial charge in [0, 0.05) is 68.0 Å². The Morgan fingerprint density at radius 1 is 0.820 bits per heavy atom. The fraction of sp³-hybridized carbons (Fsp3) is 0.452. The maximum atomic E-state index is 10.1. The lowest BCUT2D eigenvalue weighted by Gasteiger charge is -2.32. The van der Waals surface area contributed by atoms with Crippen molar-refractivity contribution in [3.63, 3.8) is 0 Å². The number of aryl methyl sites for hydroxylation is 1. The Hall–Kier alpha value is -4.29. The SMILES string of the molecule is CN1CCN(Cc2ccc(-c3cnc(Nc4ccc(C#Cc5cc(CCC6CCCC6)ccn5)cc4)nc3NC3CCC(O)CC3)cc2)CC1. The second-order valence-corrected chi connectivity index (χ2v) is 14.6. The molecular weight excluding hydrogens is 619 g/mol. The fourth-order valence-electron chi connectivity index (χ4n) is 7.50. The summed E-state index contributed by atoms with van der Waals surface area (Å²) in [5.74, 6) is 8.79. The van der Waals surface area contributed by atoms with Gasteiger partial charge in [-0.2, -0.15) is 4.98 Å². The predicted octanol–water partition coefficient (Wildman–Crippen LogP) is 7.27. The minimum Gasteiger partial charge on any atom is -0.393 e. The Labute approximate surface area is 297 Å². The molecule has 3 fully saturated rings. The topological polar surface area (TPSA) is 89.4 Å². The molecule has 2 aliphatic carbocycles. The number of aromatic nitrogens is 3. The lowest BCUT2D eigenvalue weighted by atomic mass is 9.93. The summed E-state index contributed by atoms with van der Waals surface area (Å²) in [4.78, 5) is 19.1. The normalized spacial score (nSPS) is 20.3. The van der Waals surface area contributed by atoms with Crippen molar-refractivity contribution in [2.45, 2.75) is 82.9 Å². The van der Waals surface area contributed by atoms with Gasteiger partial charge in [0.15, 0.2) is 0 Å². The standard InChI is InChI=1S/C42H51N7O/c1-48-24-26-49(27-25-48)30-34-8-13-35(14-9-34)40-29-44-42(47-41(40)45-36-18-20-39(50)21-19-36)46-37-15-10-32(11-16-37)12-17-38-28-33(22-23-43-38)7-6-31-4-2-3-5-31/h8-11,13-16,22-23,28-29,31,36,39,50H,2-7,18-21,24-27,30H2,1H3,(H2,44,45,46,47). The molecule has 0 bridgehead atoms. The van der Waals surface area contributed by atoms with Gasteiger partial charge in [-0.05, 0) is 110 Å². The quantitative estimate of drug-likeness (QED) is 0.152. The maximum absolute atomic E-state index is 10.1. The lowest BCUT2D eigenvalue weighted by molar-refractivity contribution is 0.126. The third kappa shape index (κ3) is 9.48. The van der Waals surface area contributed by atoms with Gasteiger partial charge < -0.3 is 20.6 Å². The van der Waals surface area contributed by atoms with Crippen LogP contribution in [-0.2, 0) is 13.0 Å². The summed E-state index contributed by atoms with van der Waals surface area (Å²) >= 11 is 0. The summed E-state index contributed by atoms with van der Waals surface area (Å²) in [5, 5.41) is 17.2. The molecule has 4 aromatic rings. The van der Waals surface area contributed by atoms with Crippen molar-refractivity contribution < 1.29 is 5.11 Å². The van der Waals surface area contributed by atoms with Crippen LogP contribution in [0.3, 0.4) is 0 Å². The molecule has 7 rings (SSSR count). The summed E-state index contributed by atoms with van der Waals surface area (Å²) in [6, 6.07) is 21.4. The van der Waals surface area contributed by atoms with Crippen molar-refractivity contribution in [2.24, 2.45) is 5.92 Å². The molecule has 1 aliphatic heterocycles. The first-order chi connectivity index (χ1) is 24.5. The predicted molar refractivity (Wildman–Crippen MR) is 202 cm³/mol. The van der Waals surface area contributed by atoms with Crippen molar-refractivity contribution in [2.75, 3.05) is 43.9 Å². The molecule has 2 aromatic heterocycles. The number of benzene rings is 2. The highest BCUT2D eigenvalue weighted by Crippen LogP contribution is 2.31. The second-order valence-electron chi connectivity index (χ2n) is 14.6. The van der Waals surface area contributed by atoms with Crippen LogP contribution in [0.4, 0.5) is 17.5 Å². The largest absolute Gasteiger partial charge is 0.393 e. The third-order valence-corrected chi connectivity index (χ3v) is 10.7. The smallest absolute Gasteiger partial charge is 0.229 e. The number of nitrogens with zero attached hydrogens (tertiary/aromatic N) is 5. The van der Waals surface area contributed by atoms with Crippen LogP contribution in [0.1, 0.15) is 80.2 Å². The van der Waals surface area contributed by atoms with Crippen LogP contribution in [0.15, 0.2) is 73.1 Å². The molecule has 3 N–H and O–H groups in total. The highest BCUT2D eigenvalue weighted by atomic mass is 16.3. The zero-order valence-electron chi connectivity index (χ0n) is 29.5. The summed E-state index contributed by atoms with van der Waals surface area (Å²) in [5.41, 5.74) is 7.37. The number of hydrogen-bond donors (Lipinski definition) is 3. The molecular formula is C42H51N7O. The van der Waals surface area contributed by atoms with Gasteiger partial charge in [0.2, 0.25) is 5.95 Å².